The van der Waals surface area contributed by atoms with Gasteiger partial charge in [-0.3, -0.25) is 10.1 Å². The maximum Gasteiger partial charge on any atom is 0.275 e. The second-order valence-electron chi connectivity index (χ2n) is 4.43. The van der Waals surface area contributed by atoms with Crippen LogP contribution in [0, 0.1) is 27.6 Å². The number of non-ortho nitro benzene ring substituents is 1. The number of nitro benzene ring substituents is 1. The second kappa shape index (κ2) is 5.82. The molecule has 2 rings (SSSR count). The molecule has 110 valence electrons. The van der Waals surface area contributed by atoms with Crippen LogP contribution in [0.5, 0.6) is 0 Å². The van der Waals surface area contributed by atoms with Gasteiger partial charge in [-0.2, -0.15) is 0 Å². The predicted octanol–water partition coefficient (Wildman–Crippen LogP) is 4.19. The molecular weight excluding hydrogens is 285 g/mol. The van der Waals surface area contributed by atoms with Crippen molar-refractivity contribution in [2.75, 3.05) is 5.32 Å². The molecule has 2 aromatic carbocycles. The first-order valence-corrected chi connectivity index (χ1v) is 6.04. The van der Waals surface area contributed by atoms with E-state index < -0.39 is 39.8 Å². The molecule has 0 saturated heterocycles. The van der Waals surface area contributed by atoms with Gasteiger partial charge in [0.1, 0.15) is 11.5 Å². The number of anilines is 1. The molecule has 0 radical (unpaired) electrons. The average molecular weight is 296 g/mol. The van der Waals surface area contributed by atoms with Crippen LogP contribution >= 0.6 is 0 Å². The molecule has 0 saturated carbocycles. The van der Waals surface area contributed by atoms with Crippen LogP contribution in [0.3, 0.4) is 0 Å². The fourth-order valence-corrected chi connectivity index (χ4v) is 1.92. The summed E-state index contributed by atoms with van der Waals surface area (Å²) in [6.07, 6.45) is 0. The first-order chi connectivity index (χ1) is 9.90. The van der Waals surface area contributed by atoms with Gasteiger partial charge in [0.05, 0.1) is 23.1 Å². The number of benzene rings is 2. The largest absolute Gasteiger partial charge is 0.374 e. The highest BCUT2D eigenvalue weighted by Crippen LogP contribution is 2.28. The van der Waals surface area contributed by atoms with Crippen molar-refractivity contribution in [3.8, 4) is 0 Å². The number of halogens is 3. The summed E-state index contributed by atoms with van der Waals surface area (Å²) in [5.41, 5.74) is -0.986. The van der Waals surface area contributed by atoms with E-state index in [0.29, 0.717) is 12.1 Å². The van der Waals surface area contributed by atoms with Crippen LogP contribution in [0.2, 0.25) is 0 Å². The maximum absolute atomic E-state index is 13.7. The molecule has 2 aromatic rings. The summed E-state index contributed by atoms with van der Waals surface area (Å²) in [6.45, 7) is 1.53. The van der Waals surface area contributed by atoms with Crippen molar-refractivity contribution in [2.45, 2.75) is 13.0 Å². The van der Waals surface area contributed by atoms with Gasteiger partial charge in [0, 0.05) is 5.56 Å². The summed E-state index contributed by atoms with van der Waals surface area (Å²) in [7, 11) is 0. The Morgan fingerprint density at radius 2 is 1.67 bits per heavy atom. The molecule has 1 N–H and O–H groups in total. The van der Waals surface area contributed by atoms with Crippen molar-refractivity contribution in [1.29, 1.82) is 0 Å². The summed E-state index contributed by atoms with van der Waals surface area (Å²) in [5, 5.41) is 13.0. The Balaban J connectivity index is 2.32. The molecule has 0 bridgehead atoms. The lowest BCUT2D eigenvalue weighted by Gasteiger charge is -2.17. The van der Waals surface area contributed by atoms with Crippen molar-refractivity contribution >= 4 is 11.4 Å². The molecule has 0 amide bonds. The Morgan fingerprint density at radius 1 is 1.10 bits per heavy atom. The third kappa shape index (κ3) is 3.13. The molecule has 7 heteroatoms. The van der Waals surface area contributed by atoms with Crippen molar-refractivity contribution in [2.24, 2.45) is 0 Å². The van der Waals surface area contributed by atoms with Crippen molar-refractivity contribution in [3.05, 3.63) is 69.5 Å². The first kappa shape index (κ1) is 14.8. The lowest BCUT2D eigenvalue weighted by atomic mass is 10.1. The molecule has 1 atom stereocenters. The van der Waals surface area contributed by atoms with Gasteiger partial charge < -0.3 is 5.32 Å². The summed E-state index contributed by atoms with van der Waals surface area (Å²) in [6, 6.07) is 6.32. The first-order valence-electron chi connectivity index (χ1n) is 6.04. The van der Waals surface area contributed by atoms with E-state index in [9.17, 15) is 23.3 Å². The SMILES string of the molecule is CC(Nc1c(F)cc([N+](=O)[O-])cc1F)c1ccccc1F. The molecule has 0 aliphatic rings. The standard InChI is InChI=1S/C14H11F3N2O2/c1-8(10-4-2-3-5-11(10)15)18-14-12(16)6-9(19(20)21)7-13(14)17/h2-8,18H,1H3. The third-order valence-electron chi connectivity index (χ3n) is 2.97. The molecule has 21 heavy (non-hydrogen) atoms. The van der Waals surface area contributed by atoms with Crippen LogP contribution in [-0.4, -0.2) is 4.92 Å². The lowest BCUT2D eigenvalue weighted by Crippen LogP contribution is -2.11. The fourth-order valence-electron chi connectivity index (χ4n) is 1.92. The third-order valence-corrected chi connectivity index (χ3v) is 2.97. The van der Waals surface area contributed by atoms with E-state index in [-0.39, 0.29) is 5.56 Å². The summed E-state index contributed by atoms with van der Waals surface area (Å²) < 4.78 is 41.1. The van der Waals surface area contributed by atoms with Crippen LogP contribution < -0.4 is 5.32 Å². The fraction of sp³-hybridized carbons (Fsp3) is 0.143. The van der Waals surface area contributed by atoms with E-state index >= 15 is 0 Å². The monoisotopic (exact) mass is 296 g/mol. The number of rotatable bonds is 4. The van der Waals surface area contributed by atoms with Crippen molar-refractivity contribution in [1.82, 2.24) is 0 Å². The Kier molecular flexibility index (Phi) is 4.11. The van der Waals surface area contributed by atoms with E-state index in [4.69, 9.17) is 0 Å². The van der Waals surface area contributed by atoms with E-state index in [1.54, 1.807) is 6.07 Å². The van der Waals surface area contributed by atoms with Crippen molar-refractivity contribution < 1.29 is 18.1 Å². The molecule has 0 aliphatic heterocycles. The topological polar surface area (TPSA) is 55.2 Å². The van der Waals surface area contributed by atoms with Gasteiger partial charge in [0.15, 0.2) is 11.6 Å². The van der Waals surface area contributed by atoms with Crippen LogP contribution in [-0.2, 0) is 0 Å². The highest BCUT2D eigenvalue weighted by molar-refractivity contribution is 5.53. The zero-order chi connectivity index (χ0) is 15.6. The number of nitro groups is 1. The minimum atomic E-state index is -1.11. The molecule has 0 aromatic heterocycles. The Labute approximate surface area is 118 Å². The van der Waals surface area contributed by atoms with Gasteiger partial charge in [-0.25, -0.2) is 13.2 Å². The van der Waals surface area contributed by atoms with Crippen LogP contribution in [0.25, 0.3) is 0 Å². The summed E-state index contributed by atoms with van der Waals surface area (Å²) in [5.74, 6) is -2.73. The molecule has 0 fully saturated rings. The van der Waals surface area contributed by atoms with Gasteiger partial charge in [0.25, 0.3) is 5.69 Å². The number of hydrogen-bond acceptors (Lipinski definition) is 3. The van der Waals surface area contributed by atoms with Crippen molar-refractivity contribution in [3.63, 3.8) is 0 Å². The molecular formula is C14H11F3N2O2. The van der Waals surface area contributed by atoms with Gasteiger partial charge in [0.2, 0.25) is 0 Å². The average Bonchev–Trinajstić information content (AvgIpc) is 2.42. The molecule has 0 heterocycles. The maximum atomic E-state index is 13.7. The van der Waals surface area contributed by atoms with E-state index in [1.807, 2.05) is 0 Å². The minimum absolute atomic E-state index is 0.231. The molecule has 4 nitrogen and oxygen atoms in total. The van der Waals surface area contributed by atoms with E-state index in [2.05, 4.69) is 5.32 Å². The molecule has 1 unspecified atom stereocenters. The van der Waals surface area contributed by atoms with E-state index in [1.165, 1.54) is 25.1 Å². The Morgan fingerprint density at radius 3 is 2.19 bits per heavy atom. The lowest BCUT2D eigenvalue weighted by molar-refractivity contribution is -0.385. The summed E-state index contributed by atoms with van der Waals surface area (Å²) in [4.78, 5) is 9.61. The van der Waals surface area contributed by atoms with Crippen LogP contribution in [0.4, 0.5) is 24.5 Å². The zero-order valence-electron chi connectivity index (χ0n) is 10.9. The van der Waals surface area contributed by atoms with Gasteiger partial charge in [-0.15, -0.1) is 0 Å². The Bertz CT molecular complexity index is 669. The number of hydrogen-bond donors (Lipinski definition) is 1. The van der Waals surface area contributed by atoms with Gasteiger partial charge in [-0.1, -0.05) is 18.2 Å². The predicted molar refractivity (Wildman–Crippen MR) is 71.5 cm³/mol. The molecule has 0 aliphatic carbocycles. The highest BCUT2D eigenvalue weighted by atomic mass is 19.1. The van der Waals surface area contributed by atoms with Gasteiger partial charge >= 0.3 is 0 Å². The number of nitrogens with one attached hydrogen (secondary N) is 1. The summed E-state index contributed by atoms with van der Waals surface area (Å²) >= 11 is 0. The quantitative estimate of drug-likeness (QED) is 0.680. The highest BCUT2D eigenvalue weighted by Gasteiger charge is 2.19. The second-order valence-corrected chi connectivity index (χ2v) is 4.43. The minimum Gasteiger partial charge on any atom is -0.374 e. The smallest absolute Gasteiger partial charge is 0.275 e. The van der Waals surface area contributed by atoms with Crippen LogP contribution in [0.15, 0.2) is 36.4 Å². The zero-order valence-corrected chi connectivity index (χ0v) is 10.9. The normalized spacial score (nSPS) is 12.0. The van der Waals surface area contributed by atoms with E-state index in [0.717, 1.165) is 0 Å². The number of nitrogens with zero attached hydrogens (tertiary/aromatic N) is 1. The molecule has 0 spiro atoms. The Hall–Kier alpha value is -2.57. The van der Waals surface area contributed by atoms with Crippen LogP contribution in [0.1, 0.15) is 18.5 Å². The van der Waals surface area contributed by atoms with Gasteiger partial charge in [-0.05, 0) is 13.0 Å².